The number of aromatic nitrogens is 1. The number of ether oxygens (including phenoxy) is 1. The van der Waals surface area contributed by atoms with Crippen molar-refractivity contribution in [1.29, 1.82) is 0 Å². The van der Waals surface area contributed by atoms with E-state index in [-0.39, 0.29) is 17.5 Å². The van der Waals surface area contributed by atoms with E-state index in [0.717, 1.165) is 5.56 Å². The molecule has 0 fully saturated rings. The predicted octanol–water partition coefficient (Wildman–Crippen LogP) is 4.62. The van der Waals surface area contributed by atoms with Crippen molar-refractivity contribution in [2.45, 2.75) is 6.92 Å². The summed E-state index contributed by atoms with van der Waals surface area (Å²) in [6, 6.07) is 12.0. The van der Waals surface area contributed by atoms with Crippen molar-refractivity contribution in [1.82, 2.24) is 4.98 Å². The number of benzene rings is 2. The number of rotatable bonds is 5. The van der Waals surface area contributed by atoms with E-state index in [9.17, 15) is 9.59 Å². The molecule has 27 heavy (non-hydrogen) atoms. The number of nitrogens with zero attached hydrogens (tertiary/aromatic N) is 1. The summed E-state index contributed by atoms with van der Waals surface area (Å²) in [4.78, 5) is 28.8. The molecule has 0 aliphatic heterocycles. The molecule has 0 saturated carbocycles. The van der Waals surface area contributed by atoms with E-state index in [2.05, 4.69) is 15.6 Å². The van der Waals surface area contributed by atoms with E-state index in [1.165, 1.54) is 18.4 Å². The van der Waals surface area contributed by atoms with E-state index in [4.69, 9.17) is 16.3 Å². The zero-order chi connectivity index (χ0) is 19.4. The number of carbonyl (C=O) groups excluding carboxylic acids is 2. The molecule has 1 heterocycles. The average Bonchev–Trinajstić information content (AvgIpc) is 3.12. The Labute approximate surface area is 165 Å². The van der Waals surface area contributed by atoms with Crippen LogP contribution in [-0.4, -0.2) is 23.9 Å². The lowest BCUT2D eigenvalue weighted by molar-refractivity contribution is 0.101. The highest BCUT2D eigenvalue weighted by atomic mass is 35.5. The smallest absolute Gasteiger partial charge is 0.275 e. The minimum atomic E-state index is -0.389. The van der Waals surface area contributed by atoms with Gasteiger partial charge in [-0.05, 0) is 48.9 Å². The van der Waals surface area contributed by atoms with Gasteiger partial charge in [0, 0.05) is 16.0 Å². The third-order valence-corrected chi connectivity index (χ3v) is 4.68. The molecule has 6 nitrogen and oxygen atoms in total. The summed E-state index contributed by atoms with van der Waals surface area (Å²) in [6.45, 7) is 1.93. The Bertz CT molecular complexity index is 986. The van der Waals surface area contributed by atoms with Gasteiger partial charge >= 0.3 is 0 Å². The Morgan fingerprint density at radius 2 is 1.81 bits per heavy atom. The van der Waals surface area contributed by atoms with E-state index < -0.39 is 0 Å². The zero-order valence-electron chi connectivity index (χ0n) is 14.6. The quantitative estimate of drug-likeness (QED) is 0.653. The molecule has 1 aromatic heterocycles. The van der Waals surface area contributed by atoms with Crippen molar-refractivity contribution >= 4 is 45.6 Å². The first-order chi connectivity index (χ1) is 13.0. The largest absolute Gasteiger partial charge is 0.495 e. The van der Waals surface area contributed by atoms with E-state index in [1.807, 2.05) is 19.1 Å². The lowest BCUT2D eigenvalue weighted by Crippen LogP contribution is -2.14. The first kappa shape index (κ1) is 18.9. The van der Waals surface area contributed by atoms with Crippen molar-refractivity contribution < 1.29 is 14.3 Å². The minimum Gasteiger partial charge on any atom is -0.495 e. The van der Waals surface area contributed by atoms with Crippen LogP contribution in [0, 0.1) is 6.92 Å². The Kier molecular flexibility index (Phi) is 5.73. The number of carbonyl (C=O) groups is 2. The molecule has 0 spiro atoms. The molecule has 8 heteroatoms. The number of thiazole rings is 1. The van der Waals surface area contributed by atoms with Crippen LogP contribution >= 0.6 is 22.9 Å². The van der Waals surface area contributed by atoms with Crippen LogP contribution in [0.2, 0.25) is 5.02 Å². The summed E-state index contributed by atoms with van der Waals surface area (Å²) >= 11 is 6.98. The maximum atomic E-state index is 12.4. The van der Waals surface area contributed by atoms with Gasteiger partial charge in [0.1, 0.15) is 11.4 Å². The Hall–Kier alpha value is -2.90. The highest BCUT2D eigenvalue weighted by Gasteiger charge is 2.15. The predicted molar refractivity (Wildman–Crippen MR) is 107 cm³/mol. The summed E-state index contributed by atoms with van der Waals surface area (Å²) < 4.78 is 5.28. The molecule has 0 aliphatic carbocycles. The summed E-state index contributed by atoms with van der Waals surface area (Å²) in [5.41, 5.74) is 2.22. The summed E-state index contributed by atoms with van der Waals surface area (Å²) in [5, 5.41) is 7.88. The SMILES string of the molecule is COc1cc(C)ccc1NC(=O)c1csc(NC(=O)c2ccc(Cl)cc2)n1. The number of halogens is 1. The Morgan fingerprint density at radius 1 is 1.07 bits per heavy atom. The fraction of sp³-hybridized carbons (Fsp3) is 0.105. The van der Waals surface area contributed by atoms with E-state index >= 15 is 0 Å². The third kappa shape index (κ3) is 4.64. The highest BCUT2D eigenvalue weighted by Crippen LogP contribution is 2.26. The molecule has 0 saturated heterocycles. The maximum Gasteiger partial charge on any atom is 0.275 e. The maximum absolute atomic E-state index is 12.4. The number of hydrogen-bond acceptors (Lipinski definition) is 5. The molecule has 0 radical (unpaired) electrons. The van der Waals surface area contributed by atoms with Crippen LogP contribution in [0.4, 0.5) is 10.8 Å². The second-order valence-electron chi connectivity index (χ2n) is 5.66. The number of hydrogen-bond donors (Lipinski definition) is 2. The van der Waals surface area contributed by atoms with Crippen molar-refractivity contribution in [3.63, 3.8) is 0 Å². The summed E-state index contributed by atoms with van der Waals surface area (Å²) in [7, 11) is 1.54. The standard InChI is InChI=1S/C19H16ClN3O3S/c1-11-3-8-14(16(9-11)26-2)21-18(25)15-10-27-19(22-15)23-17(24)12-4-6-13(20)7-5-12/h3-10H,1-2H3,(H,21,25)(H,22,23,24). The second kappa shape index (κ2) is 8.20. The lowest BCUT2D eigenvalue weighted by Gasteiger charge is -2.09. The van der Waals surface area contributed by atoms with E-state index in [0.29, 0.717) is 27.2 Å². The molecular formula is C19H16ClN3O3S. The molecule has 2 N–H and O–H groups in total. The van der Waals surface area contributed by atoms with Crippen LogP contribution in [0.5, 0.6) is 5.75 Å². The average molecular weight is 402 g/mol. The van der Waals surface area contributed by atoms with Gasteiger partial charge in [0.2, 0.25) is 0 Å². The Balaban J connectivity index is 1.69. The van der Waals surface area contributed by atoms with Gasteiger partial charge < -0.3 is 10.1 Å². The van der Waals surface area contributed by atoms with Crippen molar-refractivity contribution in [3.05, 3.63) is 69.7 Å². The topological polar surface area (TPSA) is 80.3 Å². The number of nitrogens with one attached hydrogen (secondary N) is 2. The molecule has 138 valence electrons. The van der Waals surface area contributed by atoms with E-state index in [1.54, 1.807) is 35.7 Å². The van der Waals surface area contributed by atoms with Crippen LogP contribution < -0.4 is 15.4 Å². The molecule has 2 amide bonds. The van der Waals surface area contributed by atoms with Crippen LogP contribution in [0.1, 0.15) is 26.4 Å². The number of methoxy groups -OCH3 is 1. The first-order valence-electron chi connectivity index (χ1n) is 7.94. The molecule has 0 unspecified atom stereocenters. The van der Waals surface area contributed by atoms with Gasteiger partial charge in [-0.1, -0.05) is 17.7 Å². The monoisotopic (exact) mass is 401 g/mol. The zero-order valence-corrected chi connectivity index (χ0v) is 16.1. The molecule has 0 bridgehead atoms. The molecule has 2 aromatic carbocycles. The summed E-state index contributed by atoms with van der Waals surface area (Å²) in [5.74, 6) is -0.150. The first-order valence-corrected chi connectivity index (χ1v) is 9.20. The number of aryl methyl sites for hydroxylation is 1. The molecule has 3 aromatic rings. The van der Waals surface area contributed by atoms with Crippen LogP contribution in [0.3, 0.4) is 0 Å². The number of anilines is 2. The molecule has 0 atom stereocenters. The minimum absolute atomic E-state index is 0.203. The van der Waals surface area contributed by atoms with Crippen molar-refractivity contribution in [2.24, 2.45) is 0 Å². The van der Waals surface area contributed by atoms with Gasteiger partial charge in [0.15, 0.2) is 5.13 Å². The van der Waals surface area contributed by atoms with Gasteiger partial charge in [-0.25, -0.2) is 4.98 Å². The molecule has 0 aliphatic rings. The third-order valence-electron chi connectivity index (χ3n) is 3.67. The van der Waals surface area contributed by atoms with Gasteiger partial charge in [-0.15, -0.1) is 11.3 Å². The van der Waals surface area contributed by atoms with Crippen LogP contribution in [0.25, 0.3) is 0 Å². The van der Waals surface area contributed by atoms with Crippen molar-refractivity contribution in [3.8, 4) is 5.75 Å². The second-order valence-corrected chi connectivity index (χ2v) is 6.95. The highest BCUT2D eigenvalue weighted by molar-refractivity contribution is 7.14. The van der Waals surface area contributed by atoms with Crippen LogP contribution in [-0.2, 0) is 0 Å². The lowest BCUT2D eigenvalue weighted by atomic mass is 10.2. The fourth-order valence-corrected chi connectivity index (χ4v) is 3.11. The Morgan fingerprint density at radius 3 is 2.52 bits per heavy atom. The summed E-state index contributed by atoms with van der Waals surface area (Å²) in [6.07, 6.45) is 0. The van der Waals surface area contributed by atoms with Gasteiger partial charge in [0.25, 0.3) is 11.8 Å². The molecular weight excluding hydrogens is 386 g/mol. The van der Waals surface area contributed by atoms with Gasteiger partial charge in [-0.2, -0.15) is 0 Å². The fourth-order valence-electron chi connectivity index (χ4n) is 2.29. The number of amides is 2. The van der Waals surface area contributed by atoms with Crippen molar-refractivity contribution in [2.75, 3.05) is 17.7 Å². The van der Waals surface area contributed by atoms with Crippen LogP contribution in [0.15, 0.2) is 47.8 Å². The normalized spacial score (nSPS) is 10.3. The molecule has 3 rings (SSSR count). The van der Waals surface area contributed by atoms with Gasteiger partial charge in [0.05, 0.1) is 12.8 Å². The van der Waals surface area contributed by atoms with Gasteiger partial charge in [-0.3, -0.25) is 14.9 Å².